The zero-order chi connectivity index (χ0) is 13.9. The molecule has 0 heterocycles. The van der Waals surface area contributed by atoms with Crippen LogP contribution in [0, 0.1) is 0 Å². The van der Waals surface area contributed by atoms with Crippen LogP contribution in [0.2, 0.25) is 13.1 Å². The third-order valence-electron chi connectivity index (χ3n) is 3.49. The molecule has 3 heteroatoms. The van der Waals surface area contributed by atoms with E-state index in [2.05, 4.69) is 25.2 Å². The van der Waals surface area contributed by atoms with E-state index in [-0.39, 0.29) is 0 Å². The van der Waals surface area contributed by atoms with Crippen LogP contribution in [0.15, 0.2) is 48.5 Å². The van der Waals surface area contributed by atoms with E-state index in [1.54, 1.807) is 0 Å². The van der Waals surface area contributed by atoms with Gasteiger partial charge in [0.15, 0.2) is 0 Å². The summed E-state index contributed by atoms with van der Waals surface area (Å²) in [5.74, 6) is 0. The molecule has 0 saturated heterocycles. The summed E-state index contributed by atoms with van der Waals surface area (Å²) in [4.78, 5) is 21.8. The lowest BCUT2D eigenvalue weighted by molar-refractivity contribution is 0.111. The normalized spacial score (nSPS) is 11.1. The minimum absolute atomic E-state index is 0.699. The van der Waals surface area contributed by atoms with Crippen LogP contribution in [0.25, 0.3) is 0 Å². The van der Waals surface area contributed by atoms with E-state index in [1.165, 1.54) is 10.4 Å². The summed E-state index contributed by atoms with van der Waals surface area (Å²) in [6.45, 7) is 4.45. The van der Waals surface area contributed by atoms with Gasteiger partial charge in [0, 0.05) is 11.1 Å². The van der Waals surface area contributed by atoms with Crippen molar-refractivity contribution in [1.29, 1.82) is 0 Å². The number of aldehydes is 2. The van der Waals surface area contributed by atoms with E-state index in [1.807, 2.05) is 36.4 Å². The fraction of sp³-hybridized carbons (Fsp3) is 0.125. The topological polar surface area (TPSA) is 34.1 Å². The number of hydrogen-bond donors (Lipinski definition) is 0. The summed E-state index contributed by atoms with van der Waals surface area (Å²) in [5, 5.41) is 2.39. The van der Waals surface area contributed by atoms with E-state index in [9.17, 15) is 9.59 Å². The second kappa shape index (κ2) is 5.32. The molecule has 2 aromatic rings. The Kier molecular flexibility index (Phi) is 3.76. The molecule has 0 bridgehead atoms. The smallest absolute Gasteiger partial charge is 0.150 e. The third-order valence-corrected chi connectivity index (χ3v) is 7.00. The highest BCUT2D eigenvalue weighted by Gasteiger charge is 2.26. The van der Waals surface area contributed by atoms with Gasteiger partial charge in [0.25, 0.3) is 0 Å². The highest BCUT2D eigenvalue weighted by atomic mass is 28.3. The number of benzene rings is 2. The fourth-order valence-electron chi connectivity index (χ4n) is 2.17. The zero-order valence-electron chi connectivity index (χ0n) is 11.1. The second-order valence-electron chi connectivity index (χ2n) is 5.11. The summed E-state index contributed by atoms with van der Waals surface area (Å²) < 4.78 is 0. The number of rotatable bonds is 4. The van der Waals surface area contributed by atoms with Crippen molar-refractivity contribution in [3.63, 3.8) is 0 Å². The summed E-state index contributed by atoms with van der Waals surface area (Å²) >= 11 is 0. The SMILES string of the molecule is C[Si](C)(c1cccc(C=O)c1)c1cccc(C=O)c1. The quantitative estimate of drug-likeness (QED) is 0.629. The van der Waals surface area contributed by atoms with Crippen LogP contribution in [0.1, 0.15) is 20.7 Å². The molecule has 0 aromatic heterocycles. The van der Waals surface area contributed by atoms with Crippen molar-refractivity contribution >= 4 is 31.0 Å². The van der Waals surface area contributed by atoms with E-state index >= 15 is 0 Å². The van der Waals surface area contributed by atoms with Gasteiger partial charge in [-0.2, -0.15) is 0 Å². The van der Waals surface area contributed by atoms with Gasteiger partial charge in [-0.15, -0.1) is 0 Å². The van der Waals surface area contributed by atoms with Crippen LogP contribution in [-0.2, 0) is 0 Å². The molecule has 0 unspecified atom stereocenters. The fourth-order valence-corrected chi connectivity index (χ4v) is 4.58. The van der Waals surface area contributed by atoms with Crippen LogP contribution < -0.4 is 10.4 Å². The molecule has 0 saturated carbocycles. The van der Waals surface area contributed by atoms with Gasteiger partial charge in [0.2, 0.25) is 0 Å². The first-order valence-corrected chi connectivity index (χ1v) is 9.19. The van der Waals surface area contributed by atoms with Crippen molar-refractivity contribution < 1.29 is 9.59 Å². The first-order chi connectivity index (χ1) is 9.07. The molecule has 0 aliphatic rings. The summed E-state index contributed by atoms with van der Waals surface area (Å²) in [6.07, 6.45) is 1.74. The standard InChI is InChI=1S/C16H16O2Si/c1-19(2,15-7-3-5-13(9-15)11-17)16-8-4-6-14(10-16)12-18/h3-12H,1-2H3. The van der Waals surface area contributed by atoms with Gasteiger partial charge < -0.3 is 0 Å². The average Bonchev–Trinajstić information content (AvgIpc) is 2.47. The van der Waals surface area contributed by atoms with Crippen molar-refractivity contribution in [3.05, 3.63) is 59.7 Å². The molecule has 2 aromatic carbocycles. The summed E-state index contributed by atoms with van der Waals surface area (Å²) in [7, 11) is -1.87. The molecule has 2 nitrogen and oxygen atoms in total. The minimum Gasteiger partial charge on any atom is -0.298 e. The lowest BCUT2D eigenvalue weighted by atomic mass is 10.2. The Morgan fingerprint density at radius 1 is 0.789 bits per heavy atom. The average molecular weight is 268 g/mol. The first kappa shape index (κ1) is 13.4. The Morgan fingerprint density at radius 2 is 1.21 bits per heavy atom. The van der Waals surface area contributed by atoms with Crippen molar-refractivity contribution in [2.45, 2.75) is 13.1 Å². The highest BCUT2D eigenvalue weighted by molar-refractivity contribution is 7.00. The van der Waals surface area contributed by atoms with Gasteiger partial charge >= 0.3 is 0 Å². The Morgan fingerprint density at radius 3 is 1.58 bits per heavy atom. The molecule has 0 fully saturated rings. The van der Waals surface area contributed by atoms with E-state index in [0.29, 0.717) is 11.1 Å². The van der Waals surface area contributed by atoms with Crippen molar-refractivity contribution in [2.75, 3.05) is 0 Å². The van der Waals surface area contributed by atoms with Crippen molar-refractivity contribution in [1.82, 2.24) is 0 Å². The van der Waals surface area contributed by atoms with Crippen LogP contribution in [0.5, 0.6) is 0 Å². The van der Waals surface area contributed by atoms with Crippen LogP contribution in [0.3, 0.4) is 0 Å². The maximum Gasteiger partial charge on any atom is 0.150 e. The van der Waals surface area contributed by atoms with E-state index < -0.39 is 8.07 Å². The molecule has 0 aliphatic heterocycles. The molecule has 0 spiro atoms. The zero-order valence-corrected chi connectivity index (χ0v) is 12.1. The minimum atomic E-state index is -1.87. The number of hydrogen-bond acceptors (Lipinski definition) is 2. The maximum absolute atomic E-state index is 10.9. The molecule has 0 aliphatic carbocycles. The largest absolute Gasteiger partial charge is 0.298 e. The van der Waals surface area contributed by atoms with E-state index in [0.717, 1.165) is 12.6 Å². The first-order valence-electron chi connectivity index (χ1n) is 6.19. The summed E-state index contributed by atoms with van der Waals surface area (Å²) in [6, 6.07) is 15.5. The predicted octanol–water partition coefficient (Wildman–Crippen LogP) is 2.13. The van der Waals surface area contributed by atoms with Gasteiger partial charge in [-0.05, 0) is 0 Å². The number of carbonyl (C=O) groups excluding carboxylic acids is 2. The molecule has 19 heavy (non-hydrogen) atoms. The molecule has 2 rings (SSSR count). The lowest BCUT2D eigenvalue weighted by Crippen LogP contribution is -2.53. The van der Waals surface area contributed by atoms with Gasteiger partial charge in [-0.25, -0.2) is 0 Å². The lowest BCUT2D eigenvalue weighted by Gasteiger charge is -2.24. The van der Waals surface area contributed by atoms with Crippen LogP contribution in [-0.4, -0.2) is 20.6 Å². The number of carbonyl (C=O) groups is 2. The molecule has 0 amide bonds. The third kappa shape index (κ3) is 2.71. The molecule has 0 N–H and O–H groups in total. The van der Waals surface area contributed by atoms with Crippen LogP contribution >= 0.6 is 0 Å². The summed E-state index contributed by atoms with van der Waals surface area (Å²) in [5.41, 5.74) is 1.40. The van der Waals surface area contributed by atoms with Gasteiger partial charge in [0.05, 0.1) is 0 Å². The maximum atomic E-state index is 10.9. The molecule has 0 radical (unpaired) electrons. The monoisotopic (exact) mass is 268 g/mol. The Labute approximate surface area is 114 Å². The molecule has 96 valence electrons. The van der Waals surface area contributed by atoms with Gasteiger partial charge in [-0.3, -0.25) is 9.59 Å². The molecular formula is C16H16O2Si. The van der Waals surface area contributed by atoms with E-state index in [4.69, 9.17) is 0 Å². The second-order valence-corrected chi connectivity index (χ2v) is 9.52. The Balaban J connectivity index is 2.50. The van der Waals surface area contributed by atoms with Crippen LogP contribution in [0.4, 0.5) is 0 Å². The highest BCUT2D eigenvalue weighted by Crippen LogP contribution is 2.07. The molecular weight excluding hydrogens is 252 g/mol. The van der Waals surface area contributed by atoms with Crippen molar-refractivity contribution in [3.8, 4) is 0 Å². The molecule has 0 atom stereocenters. The Bertz CT molecular complexity index is 564. The Hall–Kier alpha value is -2.00. The predicted molar refractivity (Wildman–Crippen MR) is 80.4 cm³/mol. The van der Waals surface area contributed by atoms with Gasteiger partial charge in [-0.1, -0.05) is 72.0 Å². The van der Waals surface area contributed by atoms with Gasteiger partial charge in [0.1, 0.15) is 20.6 Å². The van der Waals surface area contributed by atoms with Crippen molar-refractivity contribution in [2.24, 2.45) is 0 Å².